The summed E-state index contributed by atoms with van der Waals surface area (Å²) in [4.78, 5) is 29.1. The lowest BCUT2D eigenvalue weighted by Crippen LogP contribution is -2.41. The molecule has 25 heavy (non-hydrogen) atoms. The van der Waals surface area contributed by atoms with Crippen LogP contribution in [-0.4, -0.2) is 70.3 Å². The first-order chi connectivity index (χ1) is 12.1. The maximum Gasteiger partial charge on any atom is 0.257 e. The molecule has 1 aromatic rings. The summed E-state index contributed by atoms with van der Waals surface area (Å²) in [5.74, 6) is 0.102. The van der Waals surface area contributed by atoms with Gasteiger partial charge in [0.25, 0.3) is 11.8 Å². The molecule has 3 rings (SSSR count). The Hall–Kier alpha value is -1.89. The molecule has 1 unspecified atom stereocenters. The van der Waals surface area contributed by atoms with Gasteiger partial charge in [-0.05, 0) is 32.6 Å². The summed E-state index contributed by atoms with van der Waals surface area (Å²) < 4.78 is 7.35. The van der Waals surface area contributed by atoms with Gasteiger partial charge in [-0.25, -0.2) is 0 Å². The molecule has 2 amide bonds. The summed E-state index contributed by atoms with van der Waals surface area (Å²) in [6, 6.07) is 0. The van der Waals surface area contributed by atoms with Gasteiger partial charge in [-0.15, -0.1) is 0 Å². The van der Waals surface area contributed by atoms with Crippen LogP contribution in [0.3, 0.4) is 0 Å². The third kappa shape index (κ3) is 4.03. The predicted octanol–water partition coefficient (Wildman–Crippen LogP) is 1.46. The molecule has 3 heterocycles. The Morgan fingerprint density at radius 3 is 2.68 bits per heavy atom. The van der Waals surface area contributed by atoms with Gasteiger partial charge in [-0.3, -0.25) is 14.3 Å². The topological polar surface area (TPSA) is 67.7 Å². The predicted molar refractivity (Wildman–Crippen MR) is 93.3 cm³/mol. The summed E-state index contributed by atoms with van der Waals surface area (Å²) in [5, 5.41) is 4.42. The Morgan fingerprint density at radius 1 is 1.20 bits per heavy atom. The van der Waals surface area contributed by atoms with E-state index in [9.17, 15) is 9.59 Å². The van der Waals surface area contributed by atoms with Crippen LogP contribution in [0.2, 0.25) is 0 Å². The highest BCUT2D eigenvalue weighted by molar-refractivity contribution is 5.95. The van der Waals surface area contributed by atoms with E-state index in [1.807, 2.05) is 27.6 Å². The monoisotopic (exact) mass is 348 g/mol. The molecule has 0 radical (unpaired) electrons. The molecule has 1 atom stereocenters. The van der Waals surface area contributed by atoms with Crippen LogP contribution in [0.25, 0.3) is 0 Å². The fourth-order valence-electron chi connectivity index (χ4n) is 3.56. The summed E-state index contributed by atoms with van der Waals surface area (Å²) in [6.07, 6.45) is 5.12. The van der Waals surface area contributed by atoms with Crippen molar-refractivity contribution in [2.75, 3.05) is 32.8 Å². The Bertz CT molecular complexity index is 622. The van der Waals surface area contributed by atoms with Crippen molar-refractivity contribution in [2.45, 2.75) is 52.2 Å². The van der Waals surface area contributed by atoms with E-state index in [2.05, 4.69) is 12.0 Å². The van der Waals surface area contributed by atoms with E-state index in [1.165, 1.54) is 0 Å². The Kier molecular flexibility index (Phi) is 5.73. The van der Waals surface area contributed by atoms with Crippen molar-refractivity contribution >= 4 is 11.8 Å². The van der Waals surface area contributed by atoms with Crippen molar-refractivity contribution in [3.63, 3.8) is 0 Å². The van der Waals surface area contributed by atoms with Crippen LogP contribution >= 0.6 is 0 Å². The van der Waals surface area contributed by atoms with Crippen LogP contribution in [0.4, 0.5) is 0 Å². The summed E-state index contributed by atoms with van der Waals surface area (Å²) in [5.41, 5.74) is 1.45. The summed E-state index contributed by atoms with van der Waals surface area (Å²) >= 11 is 0. The first-order valence-corrected chi connectivity index (χ1v) is 9.34. The largest absolute Gasteiger partial charge is 0.368 e. The average Bonchev–Trinajstić information content (AvgIpc) is 3.18. The SMILES string of the molecule is CCCn1cc(C(=O)N2CCCN(C(=O)C3CCCO3)CC2)c(C)n1. The molecule has 2 fully saturated rings. The third-order valence-electron chi connectivity index (χ3n) is 4.93. The number of aromatic nitrogens is 2. The number of hydrogen-bond donors (Lipinski definition) is 0. The molecule has 0 bridgehead atoms. The number of nitrogens with zero attached hydrogens (tertiary/aromatic N) is 4. The van der Waals surface area contributed by atoms with Crippen LogP contribution in [0, 0.1) is 6.92 Å². The zero-order valence-corrected chi connectivity index (χ0v) is 15.2. The van der Waals surface area contributed by atoms with E-state index >= 15 is 0 Å². The van der Waals surface area contributed by atoms with Crippen LogP contribution < -0.4 is 0 Å². The van der Waals surface area contributed by atoms with Gasteiger partial charge >= 0.3 is 0 Å². The van der Waals surface area contributed by atoms with E-state index in [1.54, 1.807) is 0 Å². The maximum atomic E-state index is 12.9. The van der Waals surface area contributed by atoms with Crippen molar-refractivity contribution in [2.24, 2.45) is 0 Å². The van der Waals surface area contributed by atoms with Crippen molar-refractivity contribution in [3.8, 4) is 0 Å². The van der Waals surface area contributed by atoms with E-state index in [4.69, 9.17) is 4.74 Å². The van der Waals surface area contributed by atoms with Crippen molar-refractivity contribution in [1.29, 1.82) is 0 Å². The molecule has 7 heteroatoms. The standard InChI is InChI=1S/C18H28N4O3/c1-3-7-22-13-15(14(2)19-22)17(23)20-8-5-9-21(11-10-20)18(24)16-6-4-12-25-16/h13,16H,3-12H2,1-2H3. The second kappa shape index (κ2) is 7.99. The van der Waals surface area contributed by atoms with Crippen LogP contribution in [-0.2, 0) is 16.1 Å². The second-order valence-electron chi connectivity index (χ2n) is 6.86. The fraction of sp³-hybridized carbons (Fsp3) is 0.722. The smallest absolute Gasteiger partial charge is 0.257 e. The van der Waals surface area contributed by atoms with Gasteiger partial charge in [0.1, 0.15) is 6.10 Å². The highest BCUT2D eigenvalue weighted by Crippen LogP contribution is 2.17. The lowest BCUT2D eigenvalue weighted by molar-refractivity contribution is -0.140. The normalized spacial score (nSPS) is 21.4. The molecule has 1 aromatic heterocycles. The van der Waals surface area contributed by atoms with Crippen molar-refractivity contribution in [3.05, 3.63) is 17.5 Å². The van der Waals surface area contributed by atoms with Crippen molar-refractivity contribution < 1.29 is 14.3 Å². The zero-order valence-electron chi connectivity index (χ0n) is 15.2. The highest BCUT2D eigenvalue weighted by atomic mass is 16.5. The third-order valence-corrected chi connectivity index (χ3v) is 4.93. The molecule has 2 aliphatic rings. The first kappa shape index (κ1) is 17.9. The summed E-state index contributed by atoms with van der Waals surface area (Å²) in [6.45, 7) is 7.97. The van der Waals surface area contributed by atoms with Gasteiger partial charge in [-0.1, -0.05) is 6.92 Å². The number of hydrogen-bond acceptors (Lipinski definition) is 4. The molecule has 0 spiro atoms. The van der Waals surface area contributed by atoms with E-state index in [0.717, 1.165) is 37.9 Å². The Balaban J connectivity index is 1.62. The van der Waals surface area contributed by atoms with Gasteiger partial charge in [-0.2, -0.15) is 5.10 Å². The molecule has 0 aromatic carbocycles. The molecule has 0 aliphatic carbocycles. The molecule has 2 saturated heterocycles. The molecule has 138 valence electrons. The second-order valence-corrected chi connectivity index (χ2v) is 6.86. The minimum atomic E-state index is -0.281. The van der Waals surface area contributed by atoms with E-state index < -0.39 is 0 Å². The number of amides is 2. The molecule has 2 aliphatic heterocycles. The zero-order chi connectivity index (χ0) is 17.8. The molecular weight excluding hydrogens is 320 g/mol. The minimum absolute atomic E-state index is 0.0197. The molecule has 7 nitrogen and oxygen atoms in total. The minimum Gasteiger partial charge on any atom is -0.368 e. The van der Waals surface area contributed by atoms with Crippen LogP contribution in [0.15, 0.2) is 6.20 Å². The van der Waals surface area contributed by atoms with Gasteiger partial charge < -0.3 is 14.5 Å². The number of rotatable bonds is 4. The lowest BCUT2D eigenvalue weighted by atomic mass is 10.2. The van der Waals surface area contributed by atoms with E-state index in [0.29, 0.717) is 38.3 Å². The lowest BCUT2D eigenvalue weighted by Gasteiger charge is -2.24. The average molecular weight is 348 g/mol. The molecule has 0 saturated carbocycles. The molecular formula is C18H28N4O3. The Labute approximate surface area is 148 Å². The number of carbonyl (C=O) groups is 2. The van der Waals surface area contributed by atoms with Gasteiger partial charge in [0.05, 0.1) is 11.3 Å². The van der Waals surface area contributed by atoms with Gasteiger partial charge in [0, 0.05) is 45.5 Å². The van der Waals surface area contributed by atoms with Crippen LogP contribution in [0.1, 0.15) is 48.7 Å². The number of carbonyl (C=O) groups excluding carboxylic acids is 2. The van der Waals surface area contributed by atoms with Gasteiger partial charge in [0.2, 0.25) is 0 Å². The first-order valence-electron chi connectivity index (χ1n) is 9.34. The quantitative estimate of drug-likeness (QED) is 0.826. The Morgan fingerprint density at radius 2 is 1.96 bits per heavy atom. The number of aryl methyl sites for hydroxylation is 2. The van der Waals surface area contributed by atoms with Gasteiger partial charge in [0.15, 0.2) is 0 Å². The van der Waals surface area contributed by atoms with Crippen molar-refractivity contribution in [1.82, 2.24) is 19.6 Å². The fourth-order valence-corrected chi connectivity index (χ4v) is 3.56. The molecule has 0 N–H and O–H groups in total. The maximum absolute atomic E-state index is 12.9. The number of ether oxygens (including phenoxy) is 1. The van der Waals surface area contributed by atoms with E-state index in [-0.39, 0.29) is 17.9 Å². The van der Waals surface area contributed by atoms with Crippen LogP contribution in [0.5, 0.6) is 0 Å². The highest BCUT2D eigenvalue weighted by Gasteiger charge is 2.30. The summed E-state index contributed by atoms with van der Waals surface area (Å²) in [7, 11) is 0.